The third-order valence-electron chi connectivity index (χ3n) is 5.78. The average molecular weight is 362 g/mol. The Hall–Kier alpha value is -3.14. The summed E-state index contributed by atoms with van der Waals surface area (Å²) in [6.45, 7) is 0. The predicted molar refractivity (Wildman–Crippen MR) is 116 cm³/mol. The molecule has 0 saturated carbocycles. The van der Waals surface area contributed by atoms with Crippen LogP contribution in [0.5, 0.6) is 0 Å². The number of hydrogen-bond donors (Lipinski definition) is 2. The second-order valence-electron chi connectivity index (χ2n) is 7.22. The molecule has 0 saturated heterocycles. The fourth-order valence-corrected chi connectivity index (χ4v) is 4.52. The van der Waals surface area contributed by atoms with Gasteiger partial charge in [0.2, 0.25) is 0 Å². The fourth-order valence-electron chi connectivity index (χ4n) is 4.52. The van der Waals surface area contributed by atoms with E-state index in [1.807, 2.05) is 36.4 Å². The molecule has 0 bridgehead atoms. The molecule has 0 amide bonds. The molecule has 4 aromatic rings. The molecule has 1 aliphatic rings. The quantitative estimate of drug-likeness (QED) is 0.543. The first-order valence-corrected chi connectivity index (χ1v) is 9.44. The summed E-state index contributed by atoms with van der Waals surface area (Å²) in [5, 5.41) is 22.1. The molecule has 2 nitrogen and oxygen atoms in total. The molecule has 0 fully saturated rings. The van der Waals surface area contributed by atoms with E-state index in [0.29, 0.717) is 5.46 Å². The van der Waals surface area contributed by atoms with Crippen LogP contribution in [0, 0.1) is 0 Å². The lowest BCUT2D eigenvalue weighted by molar-refractivity contribution is 0.426. The van der Waals surface area contributed by atoms with E-state index in [9.17, 15) is 10.0 Å². The van der Waals surface area contributed by atoms with Crippen molar-refractivity contribution < 1.29 is 10.0 Å². The summed E-state index contributed by atoms with van der Waals surface area (Å²) in [7, 11) is -1.53. The van der Waals surface area contributed by atoms with Crippen molar-refractivity contribution in [1.82, 2.24) is 0 Å². The zero-order valence-electron chi connectivity index (χ0n) is 15.3. The summed E-state index contributed by atoms with van der Waals surface area (Å²) in [4.78, 5) is 0. The molecule has 134 valence electrons. The van der Waals surface area contributed by atoms with Gasteiger partial charge in [0, 0.05) is 0 Å². The minimum Gasteiger partial charge on any atom is -0.423 e. The first-order chi connectivity index (χ1) is 13.7. The zero-order chi connectivity index (χ0) is 19.1. The lowest BCUT2D eigenvalue weighted by Gasteiger charge is -2.32. The van der Waals surface area contributed by atoms with E-state index < -0.39 is 12.5 Å². The van der Waals surface area contributed by atoms with E-state index in [4.69, 9.17) is 0 Å². The molecule has 0 aliphatic heterocycles. The summed E-state index contributed by atoms with van der Waals surface area (Å²) in [6, 6.07) is 30.7. The number of benzene rings is 4. The van der Waals surface area contributed by atoms with Gasteiger partial charge >= 0.3 is 7.12 Å². The van der Waals surface area contributed by atoms with Gasteiger partial charge in [0.05, 0.1) is 5.41 Å². The SMILES string of the molecule is OB(O)c1cc2c(c3ccccc13)C=CC2(c1ccccc1)c1ccccc1. The standard InChI is InChI=1S/C25H19BO2/c27-26(28)24-17-23-21(20-13-7-8-14-22(20)24)15-16-25(23,18-9-3-1-4-10-18)19-11-5-2-6-12-19/h1-17,27-28H. The Morgan fingerprint density at radius 2 is 1.18 bits per heavy atom. The van der Waals surface area contributed by atoms with Crippen LogP contribution in [0.25, 0.3) is 16.8 Å². The highest BCUT2D eigenvalue weighted by Crippen LogP contribution is 2.48. The molecule has 0 radical (unpaired) electrons. The van der Waals surface area contributed by atoms with Crippen LogP contribution < -0.4 is 5.46 Å². The van der Waals surface area contributed by atoms with Gasteiger partial charge < -0.3 is 10.0 Å². The van der Waals surface area contributed by atoms with Crippen molar-refractivity contribution in [3.05, 3.63) is 119 Å². The average Bonchev–Trinajstić information content (AvgIpc) is 3.15. The summed E-state index contributed by atoms with van der Waals surface area (Å²) in [5.74, 6) is 0. The van der Waals surface area contributed by atoms with E-state index >= 15 is 0 Å². The van der Waals surface area contributed by atoms with Gasteiger partial charge in [-0.05, 0) is 38.5 Å². The zero-order valence-corrected chi connectivity index (χ0v) is 15.3. The molecule has 0 spiro atoms. The molecular weight excluding hydrogens is 343 g/mol. The van der Waals surface area contributed by atoms with Crippen LogP contribution in [0.1, 0.15) is 22.3 Å². The Balaban J connectivity index is 1.91. The van der Waals surface area contributed by atoms with Crippen molar-refractivity contribution in [2.45, 2.75) is 5.41 Å². The Labute approximate surface area is 164 Å². The first kappa shape index (κ1) is 17.0. The van der Waals surface area contributed by atoms with Crippen LogP contribution in [-0.4, -0.2) is 17.2 Å². The Morgan fingerprint density at radius 3 is 1.75 bits per heavy atom. The highest BCUT2D eigenvalue weighted by Gasteiger charge is 2.40. The fraction of sp³-hybridized carbons (Fsp3) is 0.0400. The Kier molecular flexibility index (Phi) is 3.94. The second-order valence-corrected chi connectivity index (χ2v) is 7.22. The van der Waals surface area contributed by atoms with Gasteiger partial charge in [-0.1, -0.05) is 103 Å². The third-order valence-corrected chi connectivity index (χ3v) is 5.78. The van der Waals surface area contributed by atoms with E-state index in [-0.39, 0.29) is 0 Å². The smallest absolute Gasteiger partial charge is 0.423 e. The van der Waals surface area contributed by atoms with Crippen molar-refractivity contribution in [1.29, 1.82) is 0 Å². The normalized spacial score (nSPS) is 14.2. The molecule has 0 heterocycles. The van der Waals surface area contributed by atoms with Crippen molar-refractivity contribution in [2.24, 2.45) is 0 Å². The van der Waals surface area contributed by atoms with Crippen LogP contribution in [0.15, 0.2) is 97.1 Å². The summed E-state index contributed by atoms with van der Waals surface area (Å²) < 4.78 is 0. The number of hydrogen-bond acceptors (Lipinski definition) is 2. The van der Waals surface area contributed by atoms with Crippen LogP contribution in [0.2, 0.25) is 0 Å². The maximum Gasteiger partial charge on any atom is 0.489 e. The number of fused-ring (bicyclic) bond motifs is 3. The van der Waals surface area contributed by atoms with Crippen LogP contribution in [0.4, 0.5) is 0 Å². The lowest BCUT2D eigenvalue weighted by Crippen LogP contribution is -2.34. The van der Waals surface area contributed by atoms with E-state index in [2.05, 4.69) is 66.7 Å². The highest BCUT2D eigenvalue weighted by atomic mass is 16.4. The van der Waals surface area contributed by atoms with Crippen LogP contribution in [0.3, 0.4) is 0 Å². The first-order valence-electron chi connectivity index (χ1n) is 9.44. The summed E-state index contributed by atoms with van der Waals surface area (Å²) in [5.41, 5.74) is 4.59. The van der Waals surface area contributed by atoms with Gasteiger partial charge in [0.15, 0.2) is 0 Å². The van der Waals surface area contributed by atoms with Gasteiger partial charge in [-0.25, -0.2) is 0 Å². The maximum absolute atomic E-state index is 10.1. The van der Waals surface area contributed by atoms with Gasteiger partial charge in [-0.3, -0.25) is 0 Å². The third kappa shape index (κ3) is 2.37. The van der Waals surface area contributed by atoms with Gasteiger partial charge in [0.1, 0.15) is 0 Å². The Bertz CT molecular complexity index is 1140. The number of rotatable bonds is 3. The topological polar surface area (TPSA) is 40.5 Å². The molecule has 1 aliphatic carbocycles. The van der Waals surface area contributed by atoms with Gasteiger partial charge in [-0.2, -0.15) is 0 Å². The van der Waals surface area contributed by atoms with Gasteiger partial charge in [-0.15, -0.1) is 0 Å². The minimum atomic E-state index is -1.53. The minimum absolute atomic E-state index is 0.467. The molecule has 28 heavy (non-hydrogen) atoms. The predicted octanol–water partition coefficient (Wildman–Crippen LogP) is 3.88. The molecule has 0 atom stereocenters. The number of allylic oxidation sites excluding steroid dienone is 1. The van der Waals surface area contributed by atoms with Crippen molar-refractivity contribution in [3.8, 4) is 0 Å². The van der Waals surface area contributed by atoms with Crippen molar-refractivity contribution in [2.75, 3.05) is 0 Å². The van der Waals surface area contributed by atoms with Crippen molar-refractivity contribution >= 4 is 29.4 Å². The van der Waals surface area contributed by atoms with Crippen LogP contribution >= 0.6 is 0 Å². The molecule has 4 aromatic carbocycles. The molecule has 0 aromatic heterocycles. The summed E-state index contributed by atoms with van der Waals surface area (Å²) >= 11 is 0. The molecule has 5 rings (SSSR count). The monoisotopic (exact) mass is 362 g/mol. The van der Waals surface area contributed by atoms with E-state index in [1.165, 1.54) is 0 Å². The molecule has 0 unspecified atom stereocenters. The van der Waals surface area contributed by atoms with Gasteiger partial charge in [0.25, 0.3) is 0 Å². The maximum atomic E-state index is 10.1. The second kappa shape index (κ2) is 6.48. The highest BCUT2D eigenvalue weighted by molar-refractivity contribution is 6.62. The lowest BCUT2D eigenvalue weighted by atomic mass is 9.67. The van der Waals surface area contributed by atoms with Crippen molar-refractivity contribution in [3.63, 3.8) is 0 Å². The van der Waals surface area contributed by atoms with Crippen LogP contribution in [-0.2, 0) is 5.41 Å². The van der Waals surface area contributed by atoms with E-state index in [0.717, 1.165) is 33.0 Å². The molecule has 2 N–H and O–H groups in total. The summed E-state index contributed by atoms with van der Waals surface area (Å²) in [6.07, 6.45) is 4.41. The largest absolute Gasteiger partial charge is 0.489 e. The van der Waals surface area contributed by atoms with E-state index in [1.54, 1.807) is 0 Å². The molecular formula is C25H19BO2. The Morgan fingerprint density at radius 1 is 0.643 bits per heavy atom. The molecule has 3 heteroatoms.